The van der Waals surface area contributed by atoms with Gasteiger partial charge in [-0.1, -0.05) is 51.1 Å². The standard InChI is InChI=1S/C18H22FN/c1-18(2,3)15-7-5-14(6-8-15)16-12-13(10-11-20)4-9-17(16)19/h4-9,12H,10-11,20H2,1-3H3. The van der Waals surface area contributed by atoms with Crippen LogP contribution in [0.4, 0.5) is 4.39 Å². The summed E-state index contributed by atoms with van der Waals surface area (Å²) >= 11 is 0. The maximum Gasteiger partial charge on any atom is 0.131 e. The minimum atomic E-state index is -0.186. The van der Waals surface area contributed by atoms with E-state index in [4.69, 9.17) is 5.73 Å². The molecule has 106 valence electrons. The summed E-state index contributed by atoms with van der Waals surface area (Å²) in [6.45, 7) is 7.09. The van der Waals surface area contributed by atoms with E-state index in [0.717, 1.165) is 17.5 Å². The Morgan fingerprint density at radius 2 is 1.65 bits per heavy atom. The first kappa shape index (κ1) is 14.7. The minimum absolute atomic E-state index is 0.110. The van der Waals surface area contributed by atoms with Gasteiger partial charge in [-0.3, -0.25) is 0 Å². The number of hydrogen-bond donors (Lipinski definition) is 1. The zero-order valence-corrected chi connectivity index (χ0v) is 12.4. The summed E-state index contributed by atoms with van der Waals surface area (Å²) in [5, 5.41) is 0. The summed E-state index contributed by atoms with van der Waals surface area (Å²) in [5.41, 5.74) is 9.55. The molecule has 2 rings (SSSR count). The van der Waals surface area contributed by atoms with Crippen LogP contribution in [-0.4, -0.2) is 6.54 Å². The molecular weight excluding hydrogens is 249 g/mol. The van der Waals surface area contributed by atoms with Crippen LogP contribution >= 0.6 is 0 Å². The van der Waals surface area contributed by atoms with Crippen molar-refractivity contribution in [1.29, 1.82) is 0 Å². The predicted octanol–water partition coefficient (Wildman–Crippen LogP) is 4.29. The number of benzene rings is 2. The fraction of sp³-hybridized carbons (Fsp3) is 0.333. The molecule has 0 amide bonds. The highest BCUT2D eigenvalue weighted by Crippen LogP contribution is 2.28. The number of nitrogens with two attached hydrogens (primary N) is 1. The third-order valence-electron chi connectivity index (χ3n) is 3.53. The zero-order valence-electron chi connectivity index (χ0n) is 12.4. The fourth-order valence-corrected chi connectivity index (χ4v) is 2.27. The molecule has 0 saturated carbocycles. The Labute approximate surface area is 120 Å². The highest BCUT2D eigenvalue weighted by molar-refractivity contribution is 5.65. The molecule has 2 aromatic carbocycles. The van der Waals surface area contributed by atoms with Crippen LogP contribution in [0.1, 0.15) is 31.9 Å². The van der Waals surface area contributed by atoms with Crippen molar-refractivity contribution in [2.45, 2.75) is 32.6 Å². The monoisotopic (exact) mass is 271 g/mol. The van der Waals surface area contributed by atoms with Crippen molar-refractivity contribution >= 4 is 0 Å². The minimum Gasteiger partial charge on any atom is -0.330 e. The average molecular weight is 271 g/mol. The Balaban J connectivity index is 2.38. The quantitative estimate of drug-likeness (QED) is 0.885. The first-order valence-corrected chi connectivity index (χ1v) is 7.01. The van der Waals surface area contributed by atoms with Crippen molar-refractivity contribution in [2.24, 2.45) is 5.73 Å². The molecule has 0 fully saturated rings. The zero-order chi connectivity index (χ0) is 14.8. The van der Waals surface area contributed by atoms with Gasteiger partial charge in [0.1, 0.15) is 5.82 Å². The van der Waals surface area contributed by atoms with Gasteiger partial charge in [-0.25, -0.2) is 4.39 Å². The van der Waals surface area contributed by atoms with Gasteiger partial charge in [-0.2, -0.15) is 0 Å². The first-order chi connectivity index (χ1) is 9.41. The van der Waals surface area contributed by atoms with Gasteiger partial charge in [0.2, 0.25) is 0 Å². The van der Waals surface area contributed by atoms with Crippen LogP contribution in [0, 0.1) is 5.82 Å². The van der Waals surface area contributed by atoms with E-state index in [1.807, 2.05) is 18.2 Å². The Hall–Kier alpha value is -1.67. The maximum atomic E-state index is 14.0. The largest absolute Gasteiger partial charge is 0.330 e. The summed E-state index contributed by atoms with van der Waals surface area (Å²) in [4.78, 5) is 0. The van der Waals surface area contributed by atoms with Crippen molar-refractivity contribution in [2.75, 3.05) is 6.54 Å². The van der Waals surface area contributed by atoms with Crippen LogP contribution in [0.25, 0.3) is 11.1 Å². The molecule has 0 spiro atoms. The summed E-state index contributed by atoms with van der Waals surface area (Å²) < 4.78 is 14.0. The Morgan fingerprint density at radius 3 is 2.20 bits per heavy atom. The van der Waals surface area contributed by atoms with Crippen LogP contribution in [-0.2, 0) is 11.8 Å². The molecule has 0 bridgehead atoms. The van der Waals surface area contributed by atoms with Crippen LogP contribution in [0.5, 0.6) is 0 Å². The number of hydrogen-bond acceptors (Lipinski definition) is 1. The lowest BCUT2D eigenvalue weighted by Crippen LogP contribution is -2.10. The Kier molecular flexibility index (Phi) is 4.24. The topological polar surface area (TPSA) is 26.0 Å². The molecule has 0 atom stereocenters. The molecule has 1 nitrogen and oxygen atoms in total. The summed E-state index contributed by atoms with van der Waals surface area (Å²) in [6, 6.07) is 13.4. The average Bonchev–Trinajstić information content (AvgIpc) is 2.40. The van der Waals surface area contributed by atoms with Gasteiger partial charge in [-0.15, -0.1) is 0 Å². The van der Waals surface area contributed by atoms with E-state index in [0.29, 0.717) is 12.1 Å². The summed E-state index contributed by atoms with van der Waals surface area (Å²) in [7, 11) is 0. The second-order valence-electron chi connectivity index (χ2n) is 6.18. The normalized spacial score (nSPS) is 11.7. The van der Waals surface area contributed by atoms with E-state index >= 15 is 0 Å². The van der Waals surface area contributed by atoms with Crippen molar-refractivity contribution < 1.29 is 4.39 Å². The molecule has 0 radical (unpaired) electrons. The first-order valence-electron chi connectivity index (χ1n) is 7.01. The Morgan fingerprint density at radius 1 is 1.00 bits per heavy atom. The number of rotatable bonds is 3. The lowest BCUT2D eigenvalue weighted by atomic mass is 9.86. The van der Waals surface area contributed by atoms with Crippen molar-refractivity contribution in [3.63, 3.8) is 0 Å². The predicted molar refractivity (Wildman–Crippen MR) is 83.3 cm³/mol. The second-order valence-corrected chi connectivity index (χ2v) is 6.18. The lowest BCUT2D eigenvalue weighted by molar-refractivity contribution is 0.590. The maximum absolute atomic E-state index is 14.0. The summed E-state index contributed by atoms with van der Waals surface area (Å²) in [6.07, 6.45) is 0.771. The number of halogens is 1. The molecule has 2 aromatic rings. The molecule has 20 heavy (non-hydrogen) atoms. The van der Waals surface area contributed by atoms with Gasteiger partial charge in [0.15, 0.2) is 0 Å². The van der Waals surface area contributed by atoms with Gasteiger partial charge in [0.05, 0.1) is 0 Å². The molecule has 2 N–H and O–H groups in total. The van der Waals surface area contributed by atoms with Gasteiger partial charge in [0.25, 0.3) is 0 Å². The SMILES string of the molecule is CC(C)(C)c1ccc(-c2cc(CCN)ccc2F)cc1. The van der Waals surface area contributed by atoms with Crippen LogP contribution in [0.15, 0.2) is 42.5 Å². The molecule has 0 aliphatic heterocycles. The van der Waals surface area contributed by atoms with E-state index < -0.39 is 0 Å². The van der Waals surface area contributed by atoms with E-state index in [1.165, 1.54) is 11.6 Å². The summed E-state index contributed by atoms with van der Waals surface area (Å²) in [5.74, 6) is -0.186. The van der Waals surface area contributed by atoms with Crippen LogP contribution in [0.3, 0.4) is 0 Å². The third-order valence-corrected chi connectivity index (χ3v) is 3.53. The molecule has 0 aromatic heterocycles. The fourth-order valence-electron chi connectivity index (χ4n) is 2.27. The van der Waals surface area contributed by atoms with E-state index in [1.54, 1.807) is 6.07 Å². The molecule has 0 heterocycles. The highest BCUT2D eigenvalue weighted by atomic mass is 19.1. The van der Waals surface area contributed by atoms with Crippen LogP contribution in [0.2, 0.25) is 0 Å². The van der Waals surface area contributed by atoms with Crippen LogP contribution < -0.4 is 5.73 Å². The van der Waals surface area contributed by atoms with Crippen molar-refractivity contribution in [1.82, 2.24) is 0 Å². The van der Waals surface area contributed by atoms with E-state index in [2.05, 4.69) is 32.9 Å². The molecule has 0 saturated heterocycles. The van der Waals surface area contributed by atoms with Gasteiger partial charge >= 0.3 is 0 Å². The molecule has 0 aliphatic rings. The van der Waals surface area contributed by atoms with Crippen molar-refractivity contribution in [3.05, 3.63) is 59.4 Å². The van der Waals surface area contributed by atoms with Gasteiger partial charge in [-0.05, 0) is 47.2 Å². The smallest absolute Gasteiger partial charge is 0.131 e. The Bertz CT molecular complexity index is 579. The van der Waals surface area contributed by atoms with Gasteiger partial charge in [0, 0.05) is 5.56 Å². The molecular formula is C18H22FN. The van der Waals surface area contributed by atoms with Crippen molar-refractivity contribution in [3.8, 4) is 11.1 Å². The molecule has 0 unspecified atom stereocenters. The van der Waals surface area contributed by atoms with E-state index in [-0.39, 0.29) is 11.2 Å². The molecule has 2 heteroatoms. The second kappa shape index (κ2) is 5.76. The third kappa shape index (κ3) is 3.26. The van der Waals surface area contributed by atoms with E-state index in [9.17, 15) is 4.39 Å². The van der Waals surface area contributed by atoms with Gasteiger partial charge < -0.3 is 5.73 Å². The molecule has 0 aliphatic carbocycles. The lowest BCUT2D eigenvalue weighted by Gasteiger charge is -2.19. The highest BCUT2D eigenvalue weighted by Gasteiger charge is 2.14.